The number of benzene rings is 1. The quantitative estimate of drug-likeness (QED) is 0.731. The minimum atomic E-state index is 0.499. The first-order chi connectivity index (χ1) is 11.7. The topological polar surface area (TPSA) is 62.7 Å². The molecule has 0 bridgehead atoms. The zero-order valence-corrected chi connectivity index (χ0v) is 14.9. The number of nitrogens with one attached hydrogen (secondary N) is 2. The summed E-state index contributed by atoms with van der Waals surface area (Å²) in [6.45, 7) is 4.05. The van der Waals surface area contributed by atoms with Gasteiger partial charge in [0.1, 0.15) is 5.00 Å². The molecule has 1 saturated heterocycles. The third-order valence-corrected chi connectivity index (χ3v) is 5.46. The Morgan fingerprint density at radius 3 is 2.83 bits per heavy atom. The molecule has 0 radical (unpaired) electrons. The van der Waals surface area contributed by atoms with Crippen LogP contribution in [0.1, 0.15) is 30.0 Å². The predicted molar refractivity (Wildman–Crippen MR) is 99.5 cm³/mol. The number of piperidine rings is 1. The molecule has 7 heteroatoms. The molecule has 1 aromatic carbocycles. The summed E-state index contributed by atoms with van der Waals surface area (Å²) in [6.07, 6.45) is 4.04. The Balaban J connectivity index is 1.68. The first-order valence-corrected chi connectivity index (χ1v) is 9.21. The van der Waals surface area contributed by atoms with Gasteiger partial charge in [0.2, 0.25) is 5.95 Å². The number of halogens is 1. The van der Waals surface area contributed by atoms with Crippen molar-refractivity contribution in [3.05, 3.63) is 40.7 Å². The second-order valence-electron chi connectivity index (χ2n) is 6.11. The SMILES string of the molecule is Cc1cc(Nc2ncc3cc(Cl)c(C4CCNCC4)cc3n2)sn1. The van der Waals surface area contributed by atoms with Crippen LogP contribution in [-0.2, 0) is 0 Å². The third kappa shape index (κ3) is 3.22. The summed E-state index contributed by atoms with van der Waals surface area (Å²) < 4.78 is 4.26. The van der Waals surface area contributed by atoms with Crippen LogP contribution in [0.4, 0.5) is 10.9 Å². The maximum absolute atomic E-state index is 6.51. The fraction of sp³-hybridized carbons (Fsp3) is 0.353. The van der Waals surface area contributed by atoms with Crippen molar-refractivity contribution in [3.8, 4) is 0 Å². The van der Waals surface area contributed by atoms with Gasteiger partial charge in [-0.15, -0.1) is 0 Å². The minimum Gasteiger partial charge on any atom is -0.317 e. The van der Waals surface area contributed by atoms with E-state index in [0.717, 1.165) is 52.6 Å². The number of hydrogen-bond donors (Lipinski definition) is 2. The Hall–Kier alpha value is -1.76. The highest BCUT2D eigenvalue weighted by molar-refractivity contribution is 7.10. The summed E-state index contributed by atoms with van der Waals surface area (Å²) in [7, 11) is 0. The molecular weight excluding hydrogens is 342 g/mol. The molecule has 4 rings (SSSR count). The number of nitrogens with zero attached hydrogens (tertiary/aromatic N) is 3. The van der Waals surface area contributed by atoms with Gasteiger partial charge in [0.25, 0.3) is 0 Å². The molecule has 124 valence electrons. The average Bonchev–Trinajstić information content (AvgIpc) is 3.00. The van der Waals surface area contributed by atoms with Crippen LogP contribution in [-0.4, -0.2) is 27.4 Å². The van der Waals surface area contributed by atoms with Crippen molar-refractivity contribution in [1.29, 1.82) is 0 Å². The van der Waals surface area contributed by atoms with E-state index in [9.17, 15) is 0 Å². The van der Waals surface area contributed by atoms with Crippen molar-refractivity contribution in [2.24, 2.45) is 0 Å². The van der Waals surface area contributed by atoms with E-state index < -0.39 is 0 Å². The first kappa shape index (κ1) is 15.7. The number of rotatable bonds is 3. The Bertz CT molecular complexity index is 873. The molecule has 1 aliphatic rings. The molecule has 2 aromatic heterocycles. The molecule has 0 aliphatic carbocycles. The van der Waals surface area contributed by atoms with Crippen molar-refractivity contribution in [3.63, 3.8) is 0 Å². The van der Waals surface area contributed by atoms with Gasteiger partial charge in [-0.1, -0.05) is 11.6 Å². The fourth-order valence-corrected chi connectivity index (χ4v) is 4.09. The van der Waals surface area contributed by atoms with Crippen LogP contribution in [0.5, 0.6) is 0 Å². The van der Waals surface area contributed by atoms with Crippen LogP contribution in [0.2, 0.25) is 5.02 Å². The van der Waals surface area contributed by atoms with Crippen molar-refractivity contribution in [2.75, 3.05) is 18.4 Å². The van der Waals surface area contributed by atoms with Crippen LogP contribution in [0, 0.1) is 6.92 Å². The van der Waals surface area contributed by atoms with Crippen LogP contribution in [0.3, 0.4) is 0 Å². The Kier molecular flexibility index (Phi) is 4.35. The smallest absolute Gasteiger partial charge is 0.228 e. The van der Waals surface area contributed by atoms with Crippen LogP contribution < -0.4 is 10.6 Å². The minimum absolute atomic E-state index is 0.499. The van der Waals surface area contributed by atoms with Crippen LogP contribution in [0.25, 0.3) is 10.9 Å². The lowest BCUT2D eigenvalue weighted by Gasteiger charge is -2.24. The monoisotopic (exact) mass is 359 g/mol. The van der Waals surface area contributed by atoms with Gasteiger partial charge in [0, 0.05) is 16.6 Å². The molecule has 1 aliphatic heterocycles. The van der Waals surface area contributed by atoms with E-state index in [-0.39, 0.29) is 0 Å². The summed E-state index contributed by atoms with van der Waals surface area (Å²) in [5, 5.41) is 9.34. The van der Waals surface area contributed by atoms with E-state index >= 15 is 0 Å². The molecule has 24 heavy (non-hydrogen) atoms. The van der Waals surface area contributed by atoms with Crippen LogP contribution in [0.15, 0.2) is 24.4 Å². The second kappa shape index (κ2) is 6.63. The van der Waals surface area contributed by atoms with E-state index in [0.29, 0.717) is 11.9 Å². The summed E-state index contributed by atoms with van der Waals surface area (Å²) in [6, 6.07) is 6.09. The third-order valence-electron chi connectivity index (χ3n) is 4.34. The van der Waals surface area contributed by atoms with Crippen molar-refractivity contribution in [1.82, 2.24) is 19.7 Å². The molecule has 1 fully saturated rings. The maximum atomic E-state index is 6.51. The summed E-state index contributed by atoms with van der Waals surface area (Å²) in [5.41, 5.74) is 3.11. The molecule has 0 saturated carbocycles. The number of aromatic nitrogens is 3. The summed E-state index contributed by atoms with van der Waals surface area (Å²) in [5.74, 6) is 1.09. The molecule has 5 nitrogen and oxygen atoms in total. The van der Waals surface area contributed by atoms with E-state index in [4.69, 9.17) is 11.6 Å². The second-order valence-corrected chi connectivity index (χ2v) is 7.32. The van der Waals surface area contributed by atoms with Crippen molar-refractivity contribution < 1.29 is 0 Å². The summed E-state index contributed by atoms with van der Waals surface area (Å²) >= 11 is 7.92. The zero-order chi connectivity index (χ0) is 16.5. The number of fused-ring (bicyclic) bond motifs is 1. The molecule has 3 aromatic rings. The highest BCUT2D eigenvalue weighted by Crippen LogP contribution is 2.34. The predicted octanol–water partition coefficient (Wildman–Crippen LogP) is 4.26. The highest BCUT2D eigenvalue weighted by atomic mass is 35.5. The van der Waals surface area contributed by atoms with Crippen LogP contribution >= 0.6 is 23.1 Å². The van der Waals surface area contributed by atoms with Crippen molar-refractivity contribution >= 4 is 45.0 Å². The van der Waals surface area contributed by atoms with Gasteiger partial charge in [-0.05, 0) is 74.1 Å². The lowest BCUT2D eigenvalue weighted by atomic mass is 9.89. The average molecular weight is 360 g/mol. The van der Waals surface area contributed by atoms with E-state index in [1.165, 1.54) is 17.1 Å². The standard InChI is InChI=1S/C17H18ClN5S/c1-10-6-16(24-23-10)22-17-20-9-12-7-14(18)13(8-15(12)21-17)11-2-4-19-5-3-11/h6-9,11,19H,2-5H2,1H3,(H,20,21,22). The Morgan fingerprint density at radius 2 is 2.08 bits per heavy atom. The van der Waals surface area contributed by atoms with Gasteiger partial charge >= 0.3 is 0 Å². The number of aryl methyl sites for hydroxylation is 1. The molecule has 0 amide bonds. The summed E-state index contributed by atoms with van der Waals surface area (Å²) in [4.78, 5) is 9.04. The van der Waals surface area contributed by atoms with E-state index in [1.807, 2.05) is 25.3 Å². The Morgan fingerprint density at radius 1 is 1.25 bits per heavy atom. The molecule has 0 atom stereocenters. The number of anilines is 2. The van der Waals surface area contributed by atoms with Gasteiger partial charge in [-0.3, -0.25) is 0 Å². The zero-order valence-electron chi connectivity index (χ0n) is 13.3. The maximum Gasteiger partial charge on any atom is 0.228 e. The van der Waals surface area contributed by atoms with Gasteiger partial charge in [0.05, 0.1) is 11.2 Å². The first-order valence-electron chi connectivity index (χ1n) is 8.06. The van der Waals surface area contributed by atoms with Gasteiger partial charge in [0.15, 0.2) is 0 Å². The molecule has 3 heterocycles. The van der Waals surface area contributed by atoms with Gasteiger partial charge in [-0.2, -0.15) is 4.37 Å². The van der Waals surface area contributed by atoms with E-state index in [1.54, 1.807) is 0 Å². The molecule has 0 unspecified atom stereocenters. The molecule has 0 spiro atoms. The lowest BCUT2D eigenvalue weighted by molar-refractivity contribution is 0.461. The van der Waals surface area contributed by atoms with E-state index in [2.05, 4.69) is 31.0 Å². The Labute approximate surface area is 149 Å². The lowest BCUT2D eigenvalue weighted by Crippen LogP contribution is -2.26. The fourth-order valence-electron chi connectivity index (χ4n) is 3.11. The normalized spacial score (nSPS) is 15.8. The molecular formula is C17H18ClN5S. The number of hydrogen-bond acceptors (Lipinski definition) is 6. The van der Waals surface area contributed by atoms with Gasteiger partial charge < -0.3 is 10.6 Å². The van der Waals surface area contributed by atoms with Crippen molar-refractivity contribution in [2.45, 2.75) is 25.7 Å². The molecule has 2 N–H and O–H groups in total. The van der Waals surface area contributed by atoms with Gasteiger partial charge in [-0.25, -0.2) is 9.97 Å². The highest BCUT2D eigenvalue weighted by Gasteiger charge is 2.19. The largest absolute Gasteiger partial charge is 0.317 e.